The van der Waals surface area contributed by atoms with Crippen LogP contribution in [0.25, 0.3) is 11.1 Å². The molecule has 5 aromatic carbocycles. The van der Waals surface area contributed by atoms with Crippen molar-refractivity contribution in [2.45, 2.75) is 33.6 Å². The fraction of sp³-hybridized carbons (Fsp3) is 0.143. The monoisotopic (exact) mass is 490 g/mol. The molecule has 0 saturated heterocycles. The van der Waals surface area contributed by atoms with Crippen molar-refractivity contribution in [3.63, 3.8) is 0 Å². The number of para-hydroxylation sites is 2. The molecular formula is C35H27BO2. The van der Waals surface area contributed by atoms with Gasteiger partial charge in [-0.2, -0.15) is 0 Å². The van der Waals surface area contributed by atoms with Gasteiger partial charge in [-0.1, -0.05) is 71.8 Å². The number of hydrogen-bond donors (Lipinski definition) is 0. The molecule has 3 aliphatic rings. The largest absolute Gasteiger partial charge is 0.458 e. The zero-order chi connectivity index (χ0) is 25.7. The van der Waals surface area contributed by atoms with Gasteiger partial charge in [0.2, 0.25) is 0 Å². The highest BCUT2D eigenvalue weighted by Gasteiger charge is 2.41. The van der Waals surface area contributed by atoms with Crippen LogP contribution in [0.4, 0.5) is 0 Å². The lowest BCUT2D eigenvalue weighted by molar-refractivity contribution is 0.463. The van der Waals surface area contributed by atoms with E-state index in [2.05, 4.69) is 113 Å². The zero-order valence-corrected chi connectivity index (χ0v) is 22.1. The topological polar surface area (TPSA) is 18.5 Å². The molecule has 0 bridgehead atoms. The van der Waals surface area contributed by atoms with Crippen LogP contribution in [0.5, 0.6) is 23.0 Å². The van der Waals surface area contributed by atoms with Gasteiger partial charge in [0.05, 0.1) is 0 Å². The summed E-state index contributed by atoms with van der Waals surface area (Å²) in [6.45, 7) is 9.00. The van der Waals surface area contributed by atoms with Gasteiger partial charge in [-0.3, -0.25) is 0 Å². The van der Waals surface area contributed by atoms with Crippen molar-refractivity contribution in [1.29, 1.82) is 0 Å². The van der Waals surface area contributed by atoms with Crippen LogP contribution in [-0.4, -0.2) is 6.71 Å². The second kappa shape index (κ2) is 7.64. The van der Waals surface area contributed by atoms with Crippen LogP contribution < -0.4 is 25.9 Å². The number of aryl methyl sites for hydroxylation is 4. The van der Waals surface area contributed by atoms with Crippen LogP contribution in [0.1, 0.15) is 44.9 Å². The molecule has 182 valence electrons. The summed E-state index contributed by atoms with van der Waals surface area (Å²) in [4.78, 5) is 0. The lowest BCUT2D eigenvalue weighted by Crippen LogP contribution is -2.57. The molecule has 0 saturated carbocycles. The molecule has 2 heterocycles. The molecule has 1 aliphatic carbocycles. The van der Waals surface area contributed by atoms with E-state index in [9.17, 15) is 0 Å². The Morgan fingerprint density at radius 3 is 1.53 bits per heavy atom. The molecule has 0 radical (unpaired) electrons. The number of fused-ring (bicyclic) bond motifs is 7. The molecule has 8 rings (SSSR count). The summed E-state index contributed by atoms with van der Waals surface area (Å²) in [5.41, 5.74) is 15.5. The van der Waals surface area contributed by atoms with Crippen LogP contribution >= 0.6 is 0 Å². The van der Waals surface area contributed by atoms with Crippen molar-refractivity contribution < 1.29 is 9.47 Å². The normalized spacial score (nSPS) is 14.1. The maximum atomic E-state index is 6.63. The van der Waals surface area contributed by atoms with Gasteiger partial charge in [0.25, 0.3) is 6.71 Å². The third-order valence-corrected chi connectivity index (χ3v) is 8.58. The fourth-order valence-corrected chi connectivity index (χ4v) is 7.23. The van der Waals surface area contributed by atoms with Crippen LogP contribution in [0.15, 0.2) is 84.9 Å². The first-order chi connectivity index (χ1) is 18.5. The van der Waals surface area contributed by atoms with Gasteiger partial charge in [-0.25, -0.2) is 0 Å². The highest BCUT2D eigenvalue weighted by Crippen LogP contribution is 2.52. The van der Waals surface area contributed by atoms with Crippen molar-refractivity contribution in [3.05, 3.63) is 124 Å². The molecule has 2 nitrogen and oxygen atoms in total. The van der Waals surface area contributed by atoms with E-state index in [0.717, 1.165) is 28.5 Å². The molecule has 0 fully saturated rings. The minimum atomic E-state index is 0.0980. The van der Waals surface area contributed by atoms with Gasteiger partial charge in [0.15, 0.2) is 0 Å². The first-order valence-electron chi connectivity index (χ1n) is 13.4. The summed E-state index contributed by atoms with van der Waals surface area (Å²) in [6.07, 6.45) is 0. The Balaban J connectivity index is 1.41. The van der Waals surface area contributed by atoms with Crippen LogP contribution in [-0.2, 0) is 0 Å². The van der Waals surface area contributed by atoms with E-state index >= 15 is 0 Å². The molecule has 0 spiro atoms. The molecule has 38 heavy (non-hydrogen) atoms. The third-order valence-electron chi connectivity index (χ3n) is 8.58. The minimum absolute atomic E-state index is 0.0980. The number of benzene rings is 5. The van der Waals surface area contributed by atoms with E-state index in [4.69, 9.17) is 9.47 Å². The molecule has 2 aliphatic heterocycles. The fourth-order valence-electron chi connectivity index (χ4n) is 7.23. The lowest BCUT2D eigenvalue weighted by Gasteiger charge is -2.34. The number of ether oxygens (including phenoxy) is 2. The number of rotatable bonds is 1. The average Bonchev–Trinajstić information content (AvgIpc) is 3.23. The van der Waals surface area contributed by atoms with E-state index in [0.29, 0.717) is 0 Å². The van der Waals surface area contributed by atoms with Gasteiger partial charge in [-0.15, -0.1) is 0 Å². The summed E-state index contributed by atoms with van der Waals surface area (Å²) in [5.74, 6) is 3.79. The molecule has 0 aromatic heterocycles. The predicted octanol–water partition coefficient (Wildman–Crippen LogP) is 6.81. The van der Waals surface area contributed by atoms with E-state index in [-0.39, 0.29) is 12.6 Å². The SMILES string of the molecule is Cc1cc(C)c2c(c1)-c1cc(C)cc(C)c1C2c1cc2c3c(c1)Oc1ccccc1B3c1ccccc1O2. The van der Waals surface area contributed by atoms with Gasteiger partial charge < -0.3 is 9.47 Å². The number of hydrogen-bond acceptors (Lipinski definition) is 2. The van der Waals surface area contributed by atoms with Crippen molar-refractivity contribution in [2.75, 3.05) is 0 Å². The van der Waals surface area contributed by atoms with Gasteiger partial charge in [0, 0.05) is 11.4 Å². The van der Waals surface area contributed by atoms with Crippen molar-refractivity contribution >= 4 is 23.1 Å². The molecule has 5 aromatic rings. The molecule has 0 unspecified atom stereocenters. The molecule has 0 amide bonds. The molecule has 3 heteroatoms. The third kappa shape index (κ3) is 2.90. The Morgan fingerprint density at radius 2 is 1.03 bits per heavy atom. The minimum Gasteiger partial charge on any atom is -0.458 e. The molecular weight excluding hydrogens is 463 g/mol. The van der Waals surface area contributed by atoms with Crippen molar-refractivity contribution in [1.82, 2.24) is 0 Å². The Hall–Kier alpha value is -4.24. The Bertz CT molecular complexity index is 1700. The van der Waals surface area contributed by atoms with Crippen LogP contribution in [0.2, 0.25) is 0 Å². The van der Waals surface area contributed by atoms with E-state index in [1.165, 1.54) is 61.0 Å². The quantitative estimate of drug-likeness (QED) is 0.236. The van der Waals surface area contributed by atoms with Gasteiger partial charge in [-0.05, 0) is 102 Å². The summed E-state index contributed by atoms with van der Waals surface area (Å²) >= 11 is 0. The Labute approximate surface area is 224 Å². The molecule has 0 N–H and O–H groups in total. The Kier molecular flexibility index (Phi) is 4.39. The summed E-state index contributed by atoms with van der Waals surface area (Å²) in [7, 11) is 0. The van der Waals surface area contributed by atoms with E-state index < -0.39 is 0 Å². The Morgan fingerprint density at radius 1 is 0.553 bits per heavy atom. The summed E-state index contributed by atoms with van der Waals surface area (Å²) in [5, 5.41) is 0. The van der Waals surface area contributed by atoms with Crippen molar-refractivity contribution in [3.8, 4) is 34.1 Å². The van der Waals surface area contributed by atoms with Gasteiger partial charge >= 0.3 is 0 Å². The van der Waals surface area contributed by atoms with Gasteiger partial charge in [0.1, 0.15) is 23.0 Å². The lowest BCUT2D eigenvalue weighted by atomic mass is 9.35. The first kappa shape index (κ1) is 21.8. The summed E-state index contributed by atoms with van der Waals surface area (Å²) < 4.78 is 13.3. The second-order valence-corrected chi connectivity index (χ2v) is 11.2. The standard InChI is InChI=1S/C35H27BO2/c1-19-13-21(3)32-24(15-19)25-16-20(2)14-22(4)33(25)34(32)23-17-30-35-31(18-23)38-29-12-8-6-10-27(29)36(35)26-9-5-7-11-28(26)37-30/h5-18,34H,1-4H3. The first-order valence-corrected chi connectivity index (χ1v) is 13.4. The maximum Gasteiger partial charge on any atom is 0.260 e. The highest BCUT2D eigenvalue weighted by atomic mass is 16.5. The van der Waals surface area contributed by atoms with Crippen molar-refractivity contribution in [2.24, 2.45) is 0 Å². The zero-order valence-electron chi connectivity index (χ0n) is 22.1. The summed E-state index contributed by atoms with van der Waals surface area (Å²) in [6, 6.07) is 30.8. The van der Waals surface area contributed by atoms with E-state index in [1.807, 2.05) is 0 Å². The van der Waals surface area contributed by atoms with E-state index in [1.54, 1.807) is 0 Å². The highest BCUT2D eigenvalue weighted by molar-refractivity contribution is 6.98. The van der Waals surface area contributed by atoms with Crippen LogP contribution in [0.3, 0.4) is 0 Å². The second-order valence-electron chi connectivity index (χ2n) is 11.2. The smallest absolute Gasteiger partial charge is 0.260 e. The molecule has 0 atom stereocenters. The maximum absolute atomic E-state index is 6.63. The average molecular weight is 490 g/mol. The predicted molar refractivity (Wildman–Crippen MR) is 156 cm³/mol. The van der Waals surface area contributed by atoms with Crippen LogP contribution in [0, 0.1) is 27.7 Å².